The lowest BCUT2D eigenvalue weighted by Crippen LogP contribution is -2.20. The molecule has 2 heterocycles. The average molecular weight is 217 g/mol. The molecule has 0 saturated heterocycles. The first-order chi connectivity index (χ1) is 7.90. The van der Waals surface area contributed by atoms with Crippen molar-refractivity contribution in [2.24, 2.45) is 0 Å². The summed E-state index contributed by atoms with van der Waals surface area (Å²) in [7, 11) is 0. The summed E-state index contributed by atoms with van der Waals surface area (Å²) >= 11 is 0. The number of rotatable bonds is 3. The Hall–Kier alpha value is -1.42. The average Bonchev–Trinajstić information content (AvgIpc) is 2.56. The molecule has 1 fully saturated rings. The minimum Gasteiger partial charge on any atom is -0.396 e. The number of aliphatic hydroxyl groups excluding tert-OH is 1. The van der Waals surface area contributed by atoms with Crippen LogP contribution in [0.5, 0.6) is 0 Å². The predicted molar refractivity (Wildman–Crippen MR) is 61.2 cm³/mol. The van der Waals surface area contributed by atoms with Gasteiger partial charge in [-0.1, -0.05) is 0 Å². The van der Waals surface area contributed by atoms with Gasteiger partial charge in [-0.25, -0.2) is 9.97 Å². The number of fused-ring (bicyclic) bond motifs is 1. The molecule has 1 N–H and O–H groups in total. The predicted octanol–water partition coefficient (Wildman–Crippen LogP) is 1.69. The molecular formula is C12H15N3O. The van der Waals surface area contributed by atoms with Crippen molar-refractivity contribution in [1.82, 2.24) is 14.5 Å². The van der Waals surface area contributed by atoms with Gasteiger partial charge in [-0.15, -0.1) is 0 Å². The summed E-state index contributed by atoms with van der Waals surface area (Å²) in [5.41, 5.74) is 1.91. The summed E-state index contributed by atoms with van der Waals surface area (Å²) in [6, 6.07) is 4.43. The van der Waals surface area contributed by atoms with Crippen LogP contribution < -0.4 is 0 Å². The third-order valence-electron chi connectivity index (χ3n) is 3.30. The molecule has 0 aromatic carbocycles. The Labute approximate surface area is 93.9 Å². The minimum atomic E-state index is 0.149. The molecule has 1 aliphatic carbocycles. The zero-order valence-corrected chi connectivity index (χ0v) is 9.13. The van der Waals surface area contributed by atoms with Crippen molar-refractivity contribution in [3.63, 3.8) is 0 Å². The Balaban J connectivity index is 2.14. The van der Waals surface area contributed by atoms with Gasteiger partial charge in [-0.05, 0) is 31.4 Å². The third kappa shape index (κ3) is 1.41. The van der Waals surface area contributed by atoms with E-state index < -0.39 is 0 Å². The van der Waals surface area contributed by atoms with Crippen molar-refractivity contribution in [1.29, 1.82) is 0 Å². The highest BCUT2D eigenvalue weighted by Crippen LogP contribution is 2.34. The lowest BCUT2D eigenvalue weighted by molar-refractivity contribution is 0.279. The van der Waals surface area contributed by atoms with Crippen LogP contribution in [0.2, 0.25) is 0 Å². The van der Waals surface area contributed by atoms with Gasteiger partial charge in [0.05, 0.1) is 6.61 Å². The summed E-state index contributed by atoms with van der Waals surface area (Å²) in [6.45, 7) is 0.149. The molecule has 2 aromatic heterocycles. The molecular weight excluding hydrogens is 202 g/mol. The standard InChI is InChI=1S/C12H15N3O/c16-8-6-11-14-10-5-2-7-13-12(10)15(11)9-3-1-4-9/h2,5,7,9,16H,1,3-4,6,8H2. The number of aromatic nitrogens is 3. The molecule has 0 amide bonds. The van der Waals surface area contributed by atoms with Crippen LogP contribution in [-0.2, 0) is 6.42 Å². The van der Waals surface area contributed by atoms with Crippen molar-refractivity contribution < 1.29 is 5.11 Å². The normalized spacial score (nSPS) is 16.6. The quantitative estimate of drug-likeness (QED) is 0.851. The number of pyridine rings is 1. The first-order valence-corrected chi connectivity index (χ1v) is 5.83. The second-order valence-electron chi connectivity index (χ2n) is 4.30. The van der Waals surface area contributed by atoms with Crippen LogP contribution in [0.4, 0.5) is 0 Å². The van der Waals surface area contributed by atoms with Crippen molar-refractivity contribution >= 4 is 11.2 Å². The molecule has 0 bridgehead atoms. The van der Waals surface area contributed by atoms with E-state index in [0.29, 0.717) is 12.5 Å². The lowest BCUT2D eigenvalue weighted by atomic mass is 9.92. The fourth-order valence-electron chi connectivity index (χ4n) is 2.28. The topological polar surface area (TPSA) is 50.9 Å². The molecule has 0 spiro atoms. The molecule has 2 aromatic rings. The van der Waals surface area contributed by atoms with E-state index in [1.807, 2.05) is 18.3 Å². The van der Waals surface area contributed by atoms with E-state index in [-0.39, 0.29) is 6.61 Å². The molecule has 0 atom stereocenters. The van der Waals surface area contributed by atoms with Crippen LogP contribution >= 0.6 is 0 Å². The van der Waals surface area contributed by atoms with E-state index in [4.69, 9.17) is 5.11 Å². The van der Waals surface area contributed by atoms with Gasteiger partial charge in [0, 0.05) is 18.7 Å². The zero-order chi connectivity index (χ0) is 11.0. The van der Waals surface area contributed by atoms with Gasteiger partial charge < -0.3 is 9.67 Å². The maximum atomic E-state index is 9.07. The first-order valence-electron chi connectivity index (χ1n) is 5.83. The second-order valence-corrected chi connectivity index (χ2v) is 4.30. The summed E-state index contributed by atoms with van der Waals surface area (Å²) in [6.07, 6.45) is 6.13. The van der Waals surface area contributed by atoms with Crippen molar-refractivity contribution in [3.8, 4) is 0 Å². The van der Waals surface area contributed by atoms with Crippen LogP contribution in [0.3, 0.4) is 0 Å². The van der Waals surface area contributed by atoms with E-state index in [9.17, 15) is 0 Å². The Bertz CT molecular complexity index is 502. The highest BCUT2D eigenvalue weighted by atomic mass is 16.3. The fourth-order valence-corrected chi connectivity index (χ4v) is 2.28. The molecule has 16 heavy (non-hydrogen) atoms. The molecule has 4 nitrogen and oxygen atoms in total. The number of hydrogen-bond acceptors (Lipinski definition) is 3. The maximum absolute atomic E-state index is 9.07. The van der Waals surface area contributed by atoms with E-state index in [1.54, 1.807) is 0 Å². The third-order valence-corrected chi connectivity index (χ3v) is 3.30. The maximum Gasteiger partial charge on any atom is 0.160 e. The largest absolute Gasteiger partial charge is 0.396 e. The first kappa shape index (κ1) is 9.78. The van der Waals surface area contributed by atoms with E-state index in [1.165, 1.54) is 19.3 Å². The molecule has 1 aliphatic rings. The van der Waals surface area contributed by atoms with Crippen LogP contribution in [0.1, 0.15) is 31.1 Å². The fraction of sp³-hybridized carbons (Fsp3) is 0.500. The van der Waals surface area contributed by atoms with Gasteiger partial charge in [0.1, 0.15) is 11.3 Å². The summed E-state index contributed by atoms with van der Waals surface area (Å²) < 4.78 is 2.22. The molecule has 3 rings (SSSR count). The Kier molecular flexibility index (Phi) is 2.36. The van der Waals surface area contributed by atoms with Gasteiger partial charge in [-0.2, -0.15) is 0 Å². The Morgan fingerprint density at radius 1 is 1.44 bits per heavy atom. The van der Waals surface area contributed by atoms with E-state index in [2.05, 4.69) is 14.5 Å². The highest BCUT2D eigenvalue weighted by Gasteiger charge is 2.24. The summed E-state index contributed by atoms with van der Waals surface area (Å²) in [5, 5.41) is 9.07. The zero-order valence-electron chi connectivity index (χ0n) is 9.13. The second kappa shape index (κ2) is 3.87. The molecule has 0 radical (unpaired) electrons. The van der Waals surface area contributed by atoms with Crippen LogP contribution in [0.25, 0.3) is 11.2 Å². The Morgan fingerprint density at radius 3 is 3.00 bits per heavy atom. The Morgan fingerprint density at radius 2 is 2.31 bits per heavy atom. The molecule has 84 valence electrons. The SMILES string of the molecule is OCCc1nc2cccnc2n1C1CCC1. The number of imidazole rings is 1. The van der Waals surface area contributed by atoms with Crippen molar-refractivity contribution in [3.05, 3.63) is 24.2 Å². The summed E-state index contributed by atoms with van der Waals surface area (Å²) in [4.78, 5) is 8.95. The van der Waals surface area contributed by atoms with Crippen molar-refractivity contribution in [2.75, 3.05) is 6.61 Å². The van der Waals surface area contributed by atoms with Gasteiger partial charge in [0.2, 0.25) is 0 Å². The molecule has 4 heteroatoms. The molecule has 1 saturated carbocycles. The number of aliphatic hydroxyl groups is 1. The number of hydrogen-bond donors (Lipinski definition) is 1. The monoisotopic (exact) mass is 217 g/mol. The summed E-state index contributed by atoms with van der Waals surface area (Å²) in [5.74, 6) is 0.973. The van der Waals surface area contributed by atoms with Crippen LogP contribution in [0, 0.1) is 0 Å². The van der Waals surface area contributed by atoms with E-state index in [0.717, 1.165) is 17.0 Å². The molecule has 0 unspecified atom stereocenters. The molecule has 0 aliphatic heterocycles. The van der Waals surface area contributed by atoms with Crippen LogP contribution in [-0.4, -0.2) is 26.2 Å². The van der Waals surface area contributed by atoms with E-state index >= 15 is 0 Å². The van der Waals surface area contributed by atoms with Gasteiger partial charge in [-0.3, -0.25) is 0 Å². The van der Waals surface area contributed by atoms with Crippen molar-refractivity contribution in [2.45, 2.75) is 31.7 Å². The van der Waals surface area contributed by atoms with Crippen LogP contribution in [0.15, 0.2) is 18.3 Å². The highest BCUT2D eigenvalue weighted by molar-refractivity contribution is 5.71. The number of nitrogens with zero attached hydrogens (tertiary/aromatic N) is 3. The van der Waals surface area contributed by atoms with Gasteiger partial charge >= 0.3 is 0 Å². The van der Waals surface area contributed by atoms with Gasteiger partial charge in [0.15, 0.2) is 5.65 Å². The van der Waals surface area contributed by atoms with Gasteiger partial charge in [0.25, 0.3) is 0 Å². The minimum absolute atomic E-state index is 0.149. The lowest BCUT2D eigenvalue weighted by Gasteiger charge is -2.28. The smallest absolute Gasteiger partial charge is 0.160 e.